The average Bonchev–Trinajstić information content (AvgIpc) is 3.62. The molecule has 1 heterocycles. The number of hydrogen-bond donors (Lipinski definition) is 0. The molecule has 1 saturated carbocycles. The molecule has 9 heteroatoms. The number of halogens is 1. The van der Waals surface area contributed by atoms with Crippen molar-refractivity contribution >= 4 is 29.0 Å². The molecule has 0 aromatic heterocycles. The molecular weight excluding hydrogens is 542 g/mol. The number of esters is 1. The van der Waals surface area contributed by atoms with Gasteiger partial charge in [-0.05, 0) is 55.9 Å². The molecule has 0 saturated heterocycles. The predicted octanol–water partition coefficient (Wildman–Crippen LogP) is 6.01. The van der Waals surface area contributed by atoms with Crippen molar-refractivity contribution in [2.24, 2.45) is 16.9 Å². The fraction of sp³-hybridized carbons (Fsp3) is 0.531. The van der Waals surface area contributed by atoms with E-state index in [1.807, 2.05) is 30.4 Å². The Morgan fingerprint density at radius 2 is 1.85 bits per heavy atom. The highest BCUT2D eigenvalue weighted by Crippen LogP contribution is 2.43. The van der Waals surface area contributed by atoms with Crippen LogP contribution in [-0.2, 0) is 23.7 Å². The maximum atomic E-state index is 12.8. The first-order chi connectivity index (χ1) is 20.0. The lowest BCUT2D eigenvalue weighted by Gasteiger charge is -2.33. The molecule has 1 fully saturated rings. The number of carbonyl (C=O) groups excluding carboxylic acids is 1. The van der Waals surface area contributed by atoms with Crippen LogP contribution >= 0.6 is 11.6 Å². The van der Waals surface area contributed by atoms with E-state index in [0.29, 0.717) is 61.5 Å². The van der Waals surface area contributed by atoms with Gasteiger partial charge in [0.2, 0.25) is 0 Å². The van der Waals surface area contributed by atoms with Gasteiger partial charge in [0, 0.05) is 25.2 Å². The summed E-state index contributed by atoms with van der Waals surface area (Å²) in [6.45, 7) is 6.67. The van der Waals surface area contributed by atoms with E-state index < -0.39 is 5.97 Å². The molecule has 1 aromatic carbocycles. The first-order valence-electron chi connectivity index (χ1n) is 14.5. The molecule has 2 aliphatic carbocycles. The molecule has 0 spiro atoms. The van der Waals surface area contributed by atoms with Gasteiger partial charge in [0.25, 0.3) is 0 Å². The normalized spacial score (nSPS) is 23.3. The summed E-state index contributed by atoms with van der Waals surface area (Å²) in [5.74, 6) is 0.410. The van der Waals surface area contributed by atoms with Crippen LogP contribution in [0.5, 0.6) is 0 Å². The van der Waals surface area contributed by atoms with Gasteiger partial charge in [0.1, 0.15) is 12.7 Å². The highest BCUT2D eigenvalue weighted by molar-refractivity contribution is 6.32. The largest absolute Gasteiger partial charge is 0.460 e. The third-order valence-electron chi connectivity index (χ3n) is 7.84. The Hall–Kier alpha value is -2.96. The summed E-state index contributed by atoms with van der Waals surface area (Å²) in [6.07, 6.45) is 12.8. The monoisotopic (exact) mass is 581 g/mol. The van der Waals surface area contributed by atoms with Gasteiger partial charge in [0.15, 0.2) is 0 Å². The molecule has 0 radical (unpaired) electrons. The van der Waals surface area contributed by atoms with E-state index in [2.05, 4.69) is 17.7 Å². The van der Waals surface area contributed by atoms with Crippen molar-refractivity contribution in [3.05, 3.63) is 64.7 Å². The Balaban J connectivity index is 1.41. The van der Waals surface area contributed by atoms with E-state index in [0.717, 1.165) is 29.8 Å². The Morgan fingerprint density at radius 3 is 2.56 bits per heavy atom. The third kappa shape index (κ3) is 8.52. The van der Waals surface area contributed by atoms with Gasteiger partial charge in [-0.3, -0.25) is 5.01 Å². The average molecular weight is 582 g/mol. The lowest BCUT2D eigenvalue weighted by molar-refractivity contribution is -0.140. The summed E-state index contributed by atoms with van der Waals surface area (Å²) in [6, 6.07) is 7.94. The van der Waals surface area contributed by atoms with Crippen molar-refractivity contribution in [1.29, 1.82) is 5.26 Å². The molecule has 0 amide bonds. The zero-order valence-corrected chi connectivity index (χ0v) is 24.6. The quantitative estimate of drug-likeness (QED) is 0.220. The van der Waals surface area contributed by atoms with Gasteiger partial charge in [-0.25, -0.2) is 4.79 Å². The van der Waals surface area contributed by atoms with E-state index in [1.165, 1.54) is 25.7 Å². The van der Waals surface area contributed by atoms with Crippen LogP contribution in [0.25, 0.3) is 0 Å². The van der Waals surface area contributed by atoms with Crippen molar-refractivity contribution in [3.63, 3.8) is 0 Å². The number of nitriles is 1. The van der Waals surface area contributed by atoms with Crippen molar-refractivity contribution in [2.45, 2.75) is 51.0 Å². The zero-order chi connectivity index (χ0) is 29.0. The highest BCUT2D eigenvalue weighted by Gasteiger charge is 2.42. The summed E-state index contributed by atoms with van der Waals surface area (Å²) < 4.78 is 21.2. The van der Waals surface area contributed by atoms with E-state index in [4.69, 9.17) is 35.6 Å². The summed E-state index contributed by atoms with van der Waals surface area (Å²) in [5, 5.41) is 17.1. The molecule has 0 N–H and O–H groups in total. The summed E-state index contributed by atoms with van der Waals surface area (Å²) in [5.41, 5.74) is 3.83. The molecule has 3 aliphatic rings. The Labute approximate surface area is 248 Å². The minimum absolute atomic E-state index is 0.161. The standard InChI is InChI=1S/C32H40ClN3O5/c1-23-10-13-28-30(9-5-8-25(20-23)32(37)41-19-18-40-17-16-39-15-14-38-2)35-36(31(28)24-6-3-4-7-24)27-12-11-26(22-34)29(33)21-27/h5,8,11-12,20-21,24,28,31H,1,3-4,6-7,9-10,13-19H2,2H3/b8-5-,25-20+. The number of rotatable bonds is 12. The molecule has 4 rings (SSSR count). The smallest absolute Gasteiger partial charge is 0.338 e. The van der Waals surface area contributed by atoms with Gasteiger partial charge in [0.05, 0.1) is 60.9 Å². The van der Waals surface area contributed by atoms with Crippen LogP contribution < -0.4 is 5.01 Å². The molecule has 8 nitrogen and oxygen atoms in total. The fourth-order valence-electron chi connectivity index (χ4n) is 5.83. The van der Waals surface area contributed by atoms with E-state index in [-0.39, 0.29) is 18.6 Å². The number of hydrazone groups is 1. The lowest BCUT2D eigenvalue weighted by Crippen LogP contribution is -2.39. The number of anilines is 1. The number of carbonyl (C=O) groups is 1. The third-order valence-corrected chi connectivity index (χ3v) is 8.15. The van der Waals surface area contributed by atoms with Crippen molar-refractivity contribution in [2.75, 3.05) is 51.8 Å². The molecule has 1 aromatic rings. The van der Waals surface area contributed by atoms with E-state index in [9.17, 15) is 10.1 Å². The molecule has 0 bridgehead atoms. The second kappa shape index (κ2) is 15.9. The molecule has 41 heavy (non-hydrogen) atoms. The fourth-order valence-corrected chi connectivity index (χ4v) is 6.04. The number of fused-ring (bicyclic) bond motifs is 1. The Kier molecular flexibility index (Phi) is 12.0. The van der Waals surface area contributed by atoms with Crippen LogP contribution in [0.15, 0.2) is 59.3 Å². The number of benzene rings is 1. The molecule has 2 unspecified atom stereocenters. The van der Waals surface area contributed by atoms with E-state index in [1.54, 1.807) is 13.2 Å². The minimum atomic E-state index is -0.398. The molecule has 2 atom stereocenters. The Morgan fingerprint density at radius 1 is 1.12 bits per heavy atom. The number of allylic oxidation sites excluding steroid dienone is 3. The number of ether oxygens (including phenoxy) is 4. The maximum Gasteiger partial charge on any atom is 0.338 e. The minimum Gasteiger partial charge on any atom is -0.460 e. The van der Waals surface area contributed by atoms with Crippen LogP contribution in [0.3, 0.4) is 0 Å². The van der Waals surface area contributed by atoms with Crippen LogP contribution in [0.2, 0.25) is 5.02 Å². The van der Waals surface area contributed by atoms with Crippen molar-refractivity contribution in [3.8, 4) is 6.07 Å². The number of hydrogen-bond acceptors (Lipinski definition) is 8. The van der Waals surface area contributed by atoms with Gasteiger partial charge in [-0.1, -0.05) is 48.7 Å². The second-order valence-corrected chi connectivity index (χ2v) is 11.0. The van der Waals surface area contributed by atoms with Gasteiger partial charge >= 0.3 is 5.97 Å². The molecular formula is C32H40ClN3O5. The Bertz CT molecular complexity index is 1200. The summed E-state index contributed by atoms with van der Waals surface area (Å²) in [4.78, 5) is 12.8. The zero-order valence-electron chi connectivity index (χ0n) is 23.9. The van der Waals surface area contributed by atoms with E-state index >= 15 is 0 Å². The van der Waals surface area contributed by atoms with Gasteiger partial charge in [-0.15, -0.1) is 0 Å². The van der Waals surface area contributed by atoms with Crippen LogP contribution in [0.1, 0.15) is 50.5 Å². The highest BCUT2D eigenvalue weighted by atomic mass is 35.5. The second-order valence-electron chi connectivity index (χ2n) is 10.6. The van der Waals surface area contributed by atoms with Gasteiger partial charge < -0.3 is 18.9 Å². The van der Waals surface area contributed by atoms with Crippen molar-refractivity contribution < 1.29 is 23.7 Å². The lowest BCUT2D eigenvalue weighted by atomic mass is 9.80. The van der Waals surface area contributed by atoms with Crippen molar-refractivity contribution in [1.82, 2.24) is 0 Å². The number of methoxy groups -OCH3 is 1. The predicted molar refractivity (Wildman–Crippen MR) is 160 cm³/mol. The van der Waals surface area contributed by atoms with Crippen LogP contribution in [0.4, 0.5) is 5.69 Å². The number of nitrogens with zero attached hydrogens (tertiary/aromatic N) is 3. The first-order valence-corrected chi connectivity index (χ1v) is 14.8. The first kappa shape index (κ1) is 31.0. The van der Waals surface area contributed by atoms with Crippen LogP contribution in [-0.4, -0.2) is 64.5 Å². The van der Waals surface area contributed by atoms with Crippen LogP contribution in [0, 0.1) is 23.2 Å². The van der Waals surface area contributed by atoms with Gasteiger partial charge in [-0.2, -0.15) is 10.4 Å². The molecule has 220 valence electrons. The summed E-state index contributed by atoms with van der Waals surface area (Å²) in [7, 11) is 1.63. The SMILES string of the molecule is C=C1/C=C(C(=O)OCCOCCOCCOC)\C=C/CC2=NN(c3ccc(C#N)c(Cl)c3)C(C3CCCC3)C2CC1. The topological polar surface area (TPSA) is 93.4 Å². The maximum absolute atomic E-state index is 12.8. The summed E-state index contributed by atoms with van der Waals surface area (Å²) >= 11 is 6.42. The molecule has 1 aliphatic heterocycles.